The zero-order valence-electron chi connectivity index (χ0n) is 9.75. The number of carbonyl (C=O) groups is 2. The van der Waals surface area contributed by atoms with E-state index >= 15 is 0 Å². The van der Waals surface area contributed by atoms with Gasteiger partial charge in [-0.3, -0.25) is 9.59 Å². The second-order valence-electron chi connectivity index (χ2n) is 3.70. The minimum atomic E-state index is -0.638. The number of nitrogens with one attached hydrogen (secondary N) is 1. The Hall–Kier alpha value is -2.63. The molecule has 0 radical (unpaired) electrons. The fraction of sp³-hybridized carbons (Fsp3) is 0.0833. The Morgan fingerprint density at radius 2 is 1.94 bits per heavy atom. The molecule has 0 saturated carbocycles. The monoisotopic (exact) mass is 244 g/mol. The zero-order valence-corrected chi connectivity index (χ0v) is 9.75. The van der Waals surface area contributed by atoms with Crippen molar-refractivity contribution in [3.8, 4) is 5.69 Å². The van der Waals surface area contributed by atoms with Gasteiger partial charge in [0.15, 0.2) is 0 Å². The minimum Gasteiger partial charge on any atom is -0.365 e. The standard InChI is InChI=1S/C12H12N4O2/c1-8(17)15-12-10(11(13)18)7-14-16(12)9-5-3-2-4-6-9/h2-7H,1H3,(H2,13,18)(H,15,17). The summed E-state index contributed by atoms with van der Waals surface area (Å²) in [4.78, 5) is 22.4. The molecule has 92 valence electrons. The maximum Gasteiger partial charge on any atom is 0.254 e. The van der Waals surface area contributed by atoms with Crippen LogP contribution >= 0.6 is 0 Å². The molecule has 18 heavy (non-hydrogen) atoms. The summed E-state index contributed by atoms with van der Waals surface area (Å²) in [6.07, 6.45) is 1.33. The van der Waals surface area contributed by atoms with Crippen molar-refractivity contribution in [1.82, 2.24) is 9.78 Å². The Kier molecular flexibility index (Phi) is 3.09. The number of benzene rings is 1. The molecule has 0 unspecified atom stereocenters. The fourth-order valence-electron chi connectivity index (χ4n) is 1.58. The number of primary amides is 1. The van der Waals surface area contributed by atoms with E-state index in [1.807, 2.05) is 30.3 Å². The highest BCUT2D eigenvalue weighted by Gasteiger charge is 2.17. The molecule has 6 nitrogen and oxygen atoms in total. The summed E-state index contributed by atoms with van der Waals surface area (Å²) in [5.74, 6) is -0.655. The van der Waals surface area contributed by atoms with Gasteiger partial charge in [-0.1, -0.05) is 18.2 Å². The molecule has 2 rings (SSSR count). The lowest BCUT2D eigenvalue weighted by Gasteiger charge is -2.08. The number of aromatic nitrogens is 2. The Morgan fingerprint density at radius 1 is 1.28 bits per heavy atom. The predicted octanol–water partition coefficient (Wildman–Crippen LogP) is 0.930. The van der Waals surface area contributed by atoms with Gasteiger partial charge in [0.25, 0.3) is 5.91 Å². The third kappa shape index (κ3) is 2.22. The van der Waals surface area contributed by atoms with Crippen LogP contribution in [0.25, 0.3) is 5.69 Å². The summed E-state index contributed by atoms with van der Waals surface area (Å²) < 4.78 is 1.46. The topological polar surface area (TPSA) is 90.0 Å². The summed E-state index contributed by atoms with van der Waals surface area (Å²) in [6, 6.07) is 9.14. The van der Waals surface area contributed by atoms with Crippen molar-refractivity contribution in [3.05, 3.63) is 42.1 Å². The van der Waals surface area contributed by atoms with Crippen LogP contribution in [0, 0.1) is 0 Å². The van der Waals surface area contributed by atoms with E-state index in [1.54, 1.807) is 0 Å². The van der Waals surface area contributed by atoms with E-state index in [-0.39, 0.29) is 17.3 Å². The maximum absolute atomic E-state index is 11.3. The van der Waals surface area contributed by atoms with Crippen molar-refractivity contribution < 1.29 is 9.59 Å². The van der Waals surface area contributed by atoms with Crippen LogP contribution in [0.15, 0.2) is 36.5 Å². The molecule has 1 heterocycles. The van der Waals surface area contributed by atoms with Crippen molar-refractivity contribution in [2.75, 3.05) is 5.32 Å². The highest BCUT2D eigenvalue weighted by atomic mass is 16.2. The summed E-state index contributed by atoms with van der Waals surface area (Å²) >= 11 is 0. The molecule has 1 aromatic heterocycles. The first kappa shape index (κ1) is 11.8. The van der Waals surface area contributed by atoms with E-state index in [0.717, 1.165) is 5.69 Å². The highest BCUT2D eigenvalue weighted by molar-refractivity contribution is 6.01. The summed E-state index contributed by atoms with van der Waals surface area (Å²) in [5.41, 5.74) is 6.14. The Bertz CT molecular complexity index is 589. The molecular formula is C12H12N4O2. The van der Waals surface area contributed by atoms with Gasteiger partial charge >= 0.3 is 0 Å². The lowest BCUT2D eigenvalue weighted by atomic mass is 10.3. The summed E-state index contributed by atoms with van der Waals surface area (Å²) in [6.45, 7) is 1.35. The number of hydrogen-bond acceptors (Lipinski definition) is 3. The van der Waals surface area contributed by atoms with Crippen LogP contribution < -0.4 is 11.1 Å². The van der Waals surface area contributed by atoms with Gasteiger partial charge in [0.05, 0.1) is 11.9 Å². The van der Waals surface area contributed by atoms with Crippen molar-refractivity contribution in [1.29, 1.82) is 0 Å². The van der Waals surface area contributed by atoms with Crippen LogP contribution in [0.3, 0.4) is 0 Å². The number of para-hydroxylation sites is 1. The normalized spacial score (nSPS) is 10.1. The lowest BCUT2D eigenvalue weighted by Crippen LogP contribution is -2.17. The fourth-order valence-corrected chi connectivity index (χ4v) is 1.58. The number of carbonyl (C=O) groups excluding carboxylic acids is 2. The average molecular weight is 244 g/mol. The van der Waals surface area contributed by atoms with Crippen molar-refractivity contribution in [2.45, 2.75) is 6.92 Å². The van der Waals surface area contributed by atoms with Gasteiger partial charge in [-0.25, -0.2) is 4.68 Å². The van der Waals surface area contributed by atoms with Gasteiger partial charge in [0, 0.05) is 6.92 Å². The molecule has 0 spiro atoms. The third-order valence-corrected chi connectivity index (χ3v) is 2.33. The average Bonchev–Trinajstić information content (AvgIpc) is 2.73. The molecule has 1 aromatic carbocycles. The zero-order chi connectivity index (χ0) is 13.1. The molecule has 6 heteroatoms. The first-order valence-electron chi connectivity index (χ1n) is 5.30. The van der Waals surface area contributed by atoms with E-state index in [2.05, 4.69) is 10.4 Å². The molecule has 0 aliphatic rings. The minimum absolute atomic E-state index is 0.175. The number of nitrogens with zero attached hydrogens (tertiary/aromatic N) is 2. The second-order valence-corrected chi connectivity index (χ2v) is 3.70. The van der Waals surface area contributed by atoms with Gasteiger partial charge in [0.2, 0.25) is 5.91 Å². The van der Waals surface area contributed by atoms with Crippen molar-refractivity contribution >= 4 is 17.6 Å². The van der Waals surface area contributed by atoms with Crippen LogP contribution in [0.2, 0.25) is 0 Å². The summed E-state index contributed by atoms with van der Waals surface area (Å²) in [7, 11) is 0. The molecule has 0 saturated heterocycles. The second kappa shape index (κ2) is 4.70. The first-order chi connectivity index (χ1) is 8.59. The van der Waals surface area contributed by atoms with Gasteiger partial charge in [-0.05, 0) is 12.1 Å². The van der Waals surface area contributed by atoms with Gasteiger partial charge in [-0.2, -0.15) is 5.10 Å². The van der Waals surface area contributed by atoms with Crippen LogP contribution in [0.1, 0.15) is 17.3 Å². The SMILES string of the molecule is CC(=O)Nc1c(C(N)=O)cnn1-c1ccccc1. The Labute approximate surface area is 103 Å². The van der Waals surface area contributed by atoms with Crippen LogP contribution in [-0.2, 0) is 4.79 Å². The molecule has 2 aromatic rings. The van der Waals surface area contributed by atoms with E-state index in [0.29, 0.717) is 0 Å². The maximum atomic E-state index is 11.3. The van der Waals surface area contributed by atoms with Crippen LogP contribution in [0.5, 0.6) is 0 Å². The Morgan fingerprint density at radius 3 is 2.50 bits per heavy atom. The van der Waals surface area contributed by atoms with Crippen molar-refractivity contribution in [2.24, 2.45) is 5.73 Å². The van der Waals surface area contributed by atoms with E-state index in [1.165, 1.54) is 17.8 Å². The number of anilines is 1. The van der Waals surface area contributed by atoms with Gasteiger partial charge in [-0.15, -0.1) is 0 Å². The quantitative estimate of drug-likeness (QED) is 0.841. The van der Waals surface area contributed by atoms with Gasteiger partial charge < -0.3 is 11.1 Å². The molecule has 2 amide bonds. The summed E-state index contributed by atoms with van der Waals surface area (Å²) in [5, 5.41) is 6.62. The van der Waals surface area contributed by atoms with E-state index in [4.69, 9.17) is 5.73 Å². The molecule has 0 atom stereocenters. The smallest absolute Gasteiger partial charge is 0.254 e. The molecule has 3 N–H and O–H groups in total. The molecule has 0 aliphatic heterocycles. The van der Waals surface area contributed by atoms with Crippen molar-refractivity contribution in [3.63, 3.8) is 0 Å². The largest absolute Gasteiger partial charge is 0.365 e. The van der Waals surface area contributed by atoms with E-state index < -0.39 is 5.91 Å². The third-order valence-electron chi connectivity index (χ3n) is 2.33. The number of amides is 2. The molecule has 0 bridgehead atoms. The number of nitrogens with two attached hydrogens (primary N) is 1. The highest BCUT2D eigenvalue weighted by Crippen LogP contribution is 2.19. The predicted molar refractivity (Wildman–Crippen MR) is 66.4 cm³/mol. The van der Waals surface area contributed by atoms with Crippen LogP contribution in [-0.4, -0.2) is 21.6 Å². The molecule has 0 fully saturated rings. The lowest BCUT2D eigenvalue weighted by molar-refractivity contribution is -0.114. The van der Waals surface area contributed by atoms with Crippen LogP contribution in [0.4, 0.5) is 5.82 Å². The van der Waals surface area contributed by atoms with E-state index in [9.17, 15) is 9.59 Å². The first-order valence-corrected chi connectivity index (χ1v) is 5.30. The van der Waals surface area contributed by atoms with Gasteiger partial charge in [0.1, 0.15) is 11.4 Å². The molecular weight excluding hydrogens is 232 g/mol. The molecule has 0 aliphatic carbocycles. The Balaban J connectivity index is 2.54. The number of rotatable bonds is 3. The number of hydrogen-bond donors (Lipinski definition) is 2.